The van der Waals surface area contributed by atoms with Crippen LogP contribution in [0, 0.1) is 5.92 Å². The van der Waals surface area contributed by atoms with Gasteiger partial charge in [-0.15, -0.1) is 0 Å². The lowest BCUT2D eigenvalue weighted by Gasteiger charge is -2.17. The number of carbonyl (C=O) groups excluding carboxylic acids is 1. The van der Waals surface area contributed by atoms with E-state index in [4.69, 9.17) is 9.84 Å². The van der Waals surface area contributed by atoms with Gasteiger partial charge in [-0.3, -0.25) is 0 Å². The van der Waals surface area contributed by atoms with E-state index in [-0.39, 0.29) is 18.7 Å². The van der Waals surface area contributed by atoms with Crippen molar-refractivity contribution in [3.8, 4) is 5.75 Å². The third kappa shape index (κ3) is 4.13. The molecule has 0 aromatic heterocycles. The molecule has 19 heavy (non-hydrogen) atoms. The maximum atomic E-state index is 11.9. The van der Waals surface area contributed by atoms with E-state index < -0.39 is 0 Å². The Morgan fingerprint density at radius 3 is 2.95 bits per heavy atom. The Morgan fingerprint density at radius 1 is 1.53 bits per heavy atom. The molecule has 5 nitrogen and oxygen atoms in total. The van der Waals surface area contributed by atoms with Gasteiger partial charge in [0, 0.05) is 24.4 Å². The van der Waals surface area contributed by atoms with E-state index in [9.17, 15) is 4.79 Å². The molecule has 104 valence electrons. The highest BCUT2D eigenvalue weighted by Crippen LogP contribution is 2.33. The van der Waals surface area contributed by atoms with Gasteiger partial charge in [0.1, 0.15) is 5.75 Å². The second kappa shape index (κ2) is 6.43. The standard InChI is InChI=1S/C14H20N2O3/c1-19-12-4-2-3-11(9-12)15-14(18)16-13(7-8-17)10-5-6-10/h2-4,9-10,13,17H,5-8H2,1H3,(H2,15,16,18). The molecule has 0 bridgehead atoms. The monoisotopic (exact) mass is 264 g/mol. The fourth-order valence-electron chi connectivity index (χ4n) is 2.10. The van der Waals surface area contributed by atoms with Gasteiger partial charge in [-0.2, -0.15) is 0 Å². The van der Waals surface area contributed by atoms with Crippen molar-refractivity contribution in [2.45, 2.75) is 25.3 Å². The van der Waals surface area contributed by atoms with Crippen LogP contribution in [0.3, 0.4) is 0 Å². The second-order valence-electron chi connectivity index (χ2n) is 4.79. The zero-order chi connectivity index (χ0) is 13.7. The number of hydrogen-bond donors (Lipinski definition) is 3. The molecule has 2 amide bonds. The average molecular weight is 264 g/mol. The van der Waals surface area contributed by atoms with Gasteiger partial charge >= 0.3 is 6.03 Å². The Balaban J connectivity index is 1.88. The Kier molecular flexibility index (Phi) is 4.63. The SMILES string of the molecule is COc1cccc(NC(=O)NC(CCO)C2CC2)c1. The molecule has 1 fully saturated rings. The topological polar surface area (TPSA) is 70.6 Å². The van der Waals surface area contributed by atoms with Crippen LogP contribution in [0.2, 0.25) is 0 Å². The number of hydrogen-bond acceptors (Lipinski definition) is 3. The Bertz CT molecular complexity index is 432. The quantitative estimate of drug-likeness (QED) is 0.735. The van der Waals surface area contributed by atoms with E-state index in [0.717, 1.165) is 12.8 Å². The fourth-order valence-corrected chi connectivity index (χ4v) is 2.10. The van der Waals surface area contributed by atoms with Gasteiger partial charge in [0.2, 0.25) is 0 Å². The lowest BCUT2D eigenvalue weighted by molar-refractivity contribution is 0.234. The van der Waals surface area contributed by atoms with Crippen LogP contribution in [0.25, 0.3) is 0 Å². The largest absolute Gasteiger partial charge is 0.497 e. The number of rotatable bonds is 6. The lowest BCUT2D eigenvalue weighted by Crippen LogP contribution is -2.39. The van der Waals surface area contributed by atoms with Crippen LogP contribution < -0.4 is 15.4 Å². The molecule has 0 spiro atoms. The molecule has 2 rings (SSSR count). The molecule has 1 aromatic rings. The zero-order valence-electron chi connectivity index (χ0n) is 11.1. The van der Waals surface area contributed by atoms with Crippen molar-refractivity contribution in [2.24, 2.45) is 5.92 Å². The molecular formula is C14H20N2O3. The van der Waals surface area contributed by atoms with Crippen LogP contribution in [0.4, 0.5) is 10.5 Å². The average Bonchev–Trinajstić information content (AvgIpc) is 3.22. The number of aliphatic hydroxyl groups is 1. The normalized spacial score (nSPS) is 15.7. The number of urea groups is 1. The summed E-state index contributed by atoms with van der Waals surface area (Å²) in [4.78, 5) is 11.9. The van der Waals surface area contributed by atoms with Crippen molar-refractivity contribution in [2.75, 3.05) is 19.0 Å². The van der Waals surface area contributed by atoms with Gasteiger partial charge in [0.25, 0.3) is 0 Å². The first-order valence-electron chi connectivity index (χ1n) is 6.55. The molecule has 0 heterocycles. The number of nitrogens with one attached hydrogen (secondary N) is 2. The highest BCUT2D eigenvalue weighted by molar-refractivity contribution is 5.89. The molecule has 0 radical (unpaired) electrons. The maximum Gasteiger partial charge on any atom is 0.319 e. The molecule has 1 unspecified atom stereocenters. The van der Waals surface area contributed by atoms with E-state index in [2.05, 4.69) is 10.6 Å². The minimum atomic E-state index is -0.237. The maximum absolute atomic E-state index is 11.9. The molecule has 1 aliphatic carbocycles. The van der Waals surface area contributed by atoms with Crippen molar-refractivity contribution in [3.05, 3.63) is 24.3 Å². The predicted molar refractivity (Wildman–Crippen MR) is 73.4 cm³/mol. The van der Waals surface area contributed by atoms with E-state index in [1.54, 1.807) is 19.2 Å². The minimum Gasteiger partial charge on any atom is -0.497 e. The van der Waals surface area contributed by atoms with Gasteiger partial charge in [0.15, 0.2) is 0 Å². The molecule has 1 saturated carbocycles. The van der Waals surface area contributed by atoms with Gasteiger partial charge < -0.3 is 20.5 Å². The van der Waals surface area contributed by atoms with Gasteiger partial charge in [-0.25, -0.2) is 4.79 Å². The molecule has 1 atom stereocenters. The first-order chi connectivity index (χ1) is 9.22. The summed E-state index contributed by atoms with van der Waals surface area (Å²) in [7, 11) is 1.59. The van der Waals surface area contributed by atoms with Gasteiger partial charge in [0.05, 0.1) is 7.11 Å². The highest BCUT2D eigenvalue weighted by atomic mass is 16.5. The smallest absolute Gasteiger partial charge is 0.319 e. The van der Waals surface area contributed by atoms with Crippen molar-refractivity contribution >= 4 is 11.7 Å². The summed E-state index contributed by atoms with van der Waals surface area (Å²) in [5, 5.41) is 14.7. The van der Waals surface area contributed by atoms with Crippen LogP contribution in [-0.2, 0) is 0 Å². The van der Waals surface area contributed by atoms with Crippen molar-refractivity contribution in [1.82, 2.24) is 5.32 Å². The summed E-state index contributed by atoms with van der Waals surface area (Å²) >= 11 is 0. The molecule has 3 N–H and O–H groups in total. The summed E-state index contributed by atoms with van der Waals surface area (Å²) in [6, 6.07) is 7.04. The molecule has 5 heteroatoms. The number of benzene rings is 1. The first-order valence-corrected chi connectivity index (χ1v) is 6.55. The van der Waals surface area contributed by atoms with E-state index >= 15 is 0 Å². The van der Waals surface area contributed by atoms with Crippen molar-refractivity contribution < 1.29 is 14.6 Å². The van der Waals surface area contributed by atoms with Crippen molar-refractivity contribution in [3.63, 3.8) is 0 Å². The molecule has 0 saturated heterocycles. The van der Waals surface area contributed by atoms with E-state index in [0.29, 0.717) is 23.8 Å². The van der Waals surface area contributed by atoms with Crippen LogP contribution in [0.5, 0.6) is 5.75 Å². The van der Waals surface area contributed by atoms with E-state index in [1.807, 2.05) is 12.1 Å². The Morgan fingerprint density at radius 2 is 2.32 bits per heavy atom. The van der Waals surface area contributed by atoms with Crippen LogP contribution in [0.15, 0.2) is 24.3 Å². The van der Waals surface area contributed by atoms with Crippen LogP contribution in [-0.4, -0.2) is 30.9 Å². The third-order valence-corrected chi connectivity index (χ3v) is 3.28. The summed E-state index contributed by atoms with van der Waals surface area (Å²) in [6.07, 6.45) is 2.87. The number of amides is 2. The Hall–Kier alpha value is -1.75. The number of anilines is 1. The van der Waals surface area contributed by atoms with Gasteiger partial charge in [-0.1, -0.05) is 6.07 Å². The number of ether oxygens (including phenoxy) is 1. The number of aliphatic hydroxyl groups excluding tert-OH is 1. The fraction of sp³-hybridized carbons (Fsp3) is 0.500. The Labute approximate surface area is 113 Å². The third-order valence-electron chi connectivity index (χ3n) is 3.28. The number of carbonyl (C=O) groups is 1. The zero-order valence-corrected chi connectivity index (χ0v) is 11.1. The van der Waals surface area contributed by atoms with Gasteiger partial charge in [-0.05, 0) is 37.3 Å². The van der Waals surface area contributed by atoms with E-state index in [1.165, 1.54) is 0 Å². The second-order valence-corrected chi connectivity index (χ2v) is 4.79. The minimum absolute atomic E-state index is 0.0654. The lowest BCUT2D eigenvalue weighted by atomic mass is 10.1. The molecule has 1 aliphatic rings. The van der Waals surface area contributed by atoms with Crippen molar-refractivity contribution in [1.29, 1.82) is 0 Å². The number of methoxy groups -OCH3 is 1. The summed E-state index contributed by atoms with van der Waals surface area (Å²) in [5.41, 5.74) is 0.690. The van der Waals surface area contributed by atoms with Crippen LogP contribution >= 0.6 is 0 Å². The predicted octanol–water partition coefficient (Wildman–Crippen LogP) is 1.98. The molecule has 1 aromatic carbocycles. The van der Waals surface area contributed by atoms with Crippen LogP contribution in [0.1, 0.15) is 19.3 Å². The first kappa shape index (κ1) is 13.7. The molecule has 0 aliphatic heterocycles. The highest BCUT2D eigenvalue weighted by Gasteiger charge is 2.31. The summed E-state index contributed by atoms with van der Waals surface area (Å²) in [5.74, 6) is 1.22. The summed E-state index contributed by atoms with van der Waals surface area (Å²) < 4.78 is 5.10. The summed E-state index contributed by atoms with van der Waals surface area (Å²) in [6.45, 7) is 0.0978. The molecular weight excluding hydrogens is 244 g/mol.